The van der Waals surface area contributed by atoms with Crippen molar-refractivity contribution >= 4 is 20.6 Å². The molecule has 2 rings (SSSR count). The van der Waals surface area contributed by atoms with Crippen molar-refractivity contribution in [1.29, 1.82) is 0 Å². The number of aryl methyl sites for hydroxylation is 1. The van der Waals surface area contributed by atoms with Gasteiger partial charge in [-0.25, -0.2) is 0 Å². The Kier molecular flexibility index (Phi) is 4.74. The predicted octanol–water partition coefficient (Wildman–Crippen LogP) is 3.43. The SMILES string of the molecule is Cn1ccc(OCc2c(OC(F)(F)F)cccc2C(=O)Br)n1. The quantitative estimate of drug-likeness (QED) is 0.748. The standard InChI is InChI=1S/C13H10BrF3N2O3/c1-19-6-5-11(18-19)21-7-9-8(12(14)20)3-2-4-10(9)22-13(15,16)17/h2-6H,7H2,1H3. The van der Waals surface area contributed by atoms with Crippen LogP contribution in [-0.4, -0.2) is 20.8 Å². The first-order valence-corrected chi connectivity index (χ1v) is 6.75. The van der Waals surface area contributed by atoms with Crippen molar-refractivity contribution < 1.29 is 27.4 Å². The Morgan fingerprint density at radius 2 is 2.09 bits per heavy atom. The minimum atomic E-state index is -4.87. The van der Waals surface area contributed by atoms with Crippen molar-refractivity contribution in [3.8, 4) is 11.6 Å². The third kappa shape index (κ3) is 4.23. The molecule has 22 heavy (non-hydrogen) atoms. The fourth-order valence-electron chi connectivity index (χ4n) is 1.74. The number of hydrogen-bond acceptors (Lipinski definition) is 4. The Hall–Kier alpha value is -2.03. The zero-order valence-electron chi connectivity index (χ0n) is 11.2. The summed E-state index contributed by atoms with van der Waals surface area (Å²) in [6.45, 7) is -0.296. The molecule has 0 bridgehead atoms. The van der Waals surface area contributed by atoms with Crippen LogP contribution >= 0.6 is 15.9 Å². The van der Waals surface area contributed by atoms with E-state index in [0.717, 1.165) is 6.07 Å². The molecular formula is C13H10BrF3N2O3. The molecule has 118 valence electrons. The number of halogens is 4. The van der Waals surface area contributed by atoms with Gasteiger partial charge in [-0.05, 0) is 28.1 Å². The number of alkyl halides is 3. The first kappa shape index (κ1) is 16.3. The molecule has 0 amide bonds. The normalized spacial score (nSPS) is 11.3. The smallest absolute Gasteiger partial charge is 0.472 e. The third-order valence-corrected chi connectivity index (χ3v) is 3.05. The molecule has 0 spiro atoms. The van der Waals surface area contributed by atoms with Crippen molar-refractivity contribution in [2.24, 2.45) is 7.05 Å². The van der Waals surface area contributed by atoms with Gasteiger partial charge in [-0.3, -0.25) is 9.48 Å². The number of ether oxygens (including phenoxy) is 2. The molecule has 1 aromatic carbocycles. The summed E-state index contributed by atoms with van der Waals surface area (Å²) < 4.78 is 47.5. The molecule has 0 N–H and O–H groups in total. The van der Waals surface area contributed by atoms with Gasteiger partial charge in [0.2, 0.25) is 10.6 Å². The average Bonchev–Trinajstić information content (AvgIpc) is 2.81. The fourth-order valence-corrected chi connectivity index (χ4v) is 2.11. The lowest BCUT2D eigenvalue weighted by Gasteiger charge is -2.15. The molecule has 0 unspecified atom stereocenters. The second kappa shape index (κ2) is 6.39. The number of aromatic nitrogens is 2. The highest BCUT2D eigenvalue weighted by Crippen LogP contribution is 2.30. The average molecular weight is 379 g/mol. The van der Waals surface area contributed by atoms with Gasteiger partial charge in [0.1, 0.15) is 12.4 Å². The molecule has 0 fully saturated rings. The van der Waals surface area contributed by atoms with Crippen LogP contribution in [0.3, 0.4) is 0 Å². The zero-order chi connectivity index (χ0) is 16.3. The van der Waals surface area contributed by atoms with Gasteiger partial charge in [0.05, 0.1) is 0 Å². The van der Waals surface area contributed by atoms with Crippen LogP contribution in [0.2, 0.25) is 0 Å². The number of carbonyl (C=O) groups excluding carboxylic acids is 1. The lowest BCUT2D eigenvalue weighted by Crippen LogP contribution is -2.19. The van der Waals surface area contributed by atoms with Crippen molar-refractivity contribution in [2.75, 3.05) is 0 Å². The summed E-state index contributed by atoms with van der Waals surface area (Å²) in [5.41, 5.74) is 0.00466. The second-order valence-corrected chi connectivity index (χ2v) is 4.94. The largest absolute Gasteiger partial charge is 0.573 e. The lowest BCUT2D eigenvalue weighted by molar-refractivity contribution is -0.275. The summed E-state index contributed by atoms with van der Waals surface area (Å²) in [7, 11) is 1.67. The number of nitrogens with zero attached hydrogens (tertiary/aromatic N) is 2. The number of benzene rings is 1. The van der Waals surface area contributed by atoms with E-state index in [1.807, 2.05) is 0 Å². The van der Waals surface area contributed by atoms with Crippen LogP contribution < -0.4 is 9.47 Å². The fraction of sp³-hybridized carbons (Fsp3) is 0.231. The highest BCUT2D eigenvalue weighted by atomic mass is 79.9. The monoisotopic (exact) mass is 378 g/mol. The van der Waals surface area contributed by atoms with Crippen LogP contribution in [0.4, 0.5) is 13.2 Å². The van der Waals surface area contributed by atoms with E-state index < -0.39 is 16.8 Å². The number of hydrogen-bond donors (Lipinski definition) is 0. The maximum atomic E-state index is 12.4. The maximum Gasteiger partial charge on any atom is 0.573 e. The van der Waals surface area contributed by atoms with Gasteiger partial charge in [0.25, 0.3) is 0 Å². The Morgan fingerprint density at radius 3 is 2.64 bits per heavy atom. The Balaban J connectivity index is 2.30. The van der Waals surface area contributed by atoms with E-state index in [9.17, 15) is 18.0 Å². The molecule has 1 heterocycles. The van der Waals surface area contributed by atoms with Crippen molar-refractivity contribution in [3.63, 3.8) is 0 Å². The first-order chi connectivity index (χ1) is 10.3. The van der Waals surface area contributed by atoms with E-state index in [1.54, 1.807) is 19.3 Å². The minimum Gasteiger partial charge on any atom is -0.472 e. The van der Waals surface area contributed by atoms with Crippen LogP contribution in [-0.2, 0) is 13.7 Å². The van der Waals surface area contributed by atoms with Gasteiger partial charge in [-0.1, -0.05) is 6.07 Å². The third-order valence-electron chi connectivity index (χ3n) is 2.62. The molecule has 0 aliphatic carbocycles. The summed E-state index contributed by atoms with van der Waals surface area (Å²) in [5, 5.41) is 3.94. The van der Waals surface area contributed by atoms with Crippen LogP contribution in [0.1, 0.15) is 15.9 Å². The highest BCUT2D eigenvalue weighted by molar-refractivity contribution is 9.18. The van der Waals surface area contributed by atoms with Crippen molar-refractivity contribution in [2.45, 2.75) is 13.0 Å². The van der Waals surface area contributed by atoms with E-state index in [0.29, 0.717) is 0 Å². The predicted molar refractivity (Wildman–Crippen MR) is 73.9 cm³/mol. The summed E-state index contributed by atoms with van der Waals surface area (Å²) in [6, 6.07) is 5.32. The molecular weight excluding hydrogens is 369 g/mol. The van der Waals surface area contributed by atoms with Gasteiger partial charge in [-0.15, -0.1) is 18.3 Å². The highest BCUT2D eigenvalue weighted by Gasteiger charge is 2.33. The van der Waals surface area contributed by atoms with E-state index in [1.165, 1.54) is 16.8 Å². The molecule has 1 aromatic heterocycles. The summed E-state index contributed by atoms with van der Waals surface area (Å²) in [5.74, 6) is -0.272. The topological polar surface area (TPSA) is 53.4 Å². The van der Waals surface area contributed by atoms with E-state index >= 15 is 0 Å². The molecule has 0 saturated heterocycles. The van der Waals surface area contributed by atoms with Gasteiger partial charge >= 0.3 is 6.36 Å². The van der Waals surface area contributed by atoms with Crippen molar-refractivity contribution in [3.05, 3.63) is 41.6 Å². The maximum absolute atomic E-state index is 12.4. The van der Waals surface area contributed by atoms with Crippen LogP contribution in [0.5, 0.6) is 11.6 Å². The summed E-state index contributed by atoms with van der Waals surface area (Å²) >= 11 is 2.73. The van der Waals surface area contributed by atoms with Gasteiger partial charge in [0, 0.05) is 30.4 Å². The lowest BCUT2D eigenvalue weighted by atomic mass is 10.1. The molecule has 0 aliphatic heterocycles. The zero-order valence-corrected chi connectivity index (χ0v) is 12.8. The molecule has 0 saturated carbocycles. The summed E-state index contributed by atoms with van der Waals surface area (Å²) in [4.78, 5) is 11.5. The van der Waals surface area contributed by atoms with E-state index in [4.69, 9.17) is 4.74 Å². The molecule has 0 atom stereocenters. The van der Waals surface area contributed by atoms with Crippen LogP contribution in [0, 0.1) is 0 Å². The Labute approximate surface area is 131 Å². The van der Waals surface area contributed by atoms with E-state index in [2.05, 4.69) is 25.8 Å². The van der Waals surface area contributed by atoms with Gasteiger partial charge < -0.3 is 9.47 Å². The number of carbonyl (C=O) groups is 1. The molecule has 0 radical (unpaired) electrons. The second-order valence-electron chi connectivity index (χ2n) is 4.22. The first-order valence-electron chi connectivity index (χ1n) is 5.96. The van der Waals surface area contributed by atoms with Crippen molar-refractivity contribution in [1.82, 2.24) is 9.78 Å². The minimum absolute atomic E-state index is 0.0210. The van der Waals surface area contributed by atoms with Gasteiger partial charge in [0.15, 0.2) is 0 Å². The summed E-state index contributed by atoms with van der Waals surface area (Å²) in [6.07, 6.45) is -3.25. The molecule has 9 heteroatoms. The van der Waals surface area contributed by atoms with E-state index in [-0.39, 0.29) is 23.6 Å². The van der Waals surface area contributed by atoms with Gasteiger partial charge in [-0.2, -0.15) is 0 Å². The van der Waals surface area contributed by atoms with Crippen LogP contribution in [0.15, 0.2) is 30.5 Å². The molecule has 0 aliphatic rings. The Morgan fingerprint density at radius 1 is 1.36 bits per heavy atom. The molecule has 2 aromatic rings. The molecule has 5 nitrogen and oxygen atoms in total. The van der Waals surface area contributed by atoms with Crippen LogP contribution in [0.25, 0.3) is 0 Å². The number of rotatable bonds is 5. The Bertz CT molecular complexity index is 685.